The van der Waals surface area contributed by atoms with E-state index >= 15 is 0 Å². The fourth-order valence-corrected chi connectivity index (χ4v) is 5.00. The van der Waals surface area contributed by atoms with E-state index in [4.69, 9.17) is 9.47 Å². The van der Waals surface area contributed by atoms with Crippen molar-refractivity contribution in [1.29, 1.82) is 0 Å². The molecule has 1 fully saturated rings. The van der Waals surface area contributed by atoms with Crippen LogP contribution in [0.25, 0.3) is 10.8 Å². The van der Waals surface area contributed by atoms with Gasteiger partial charge in [0.15, 0.2) is 0 Å². The fraction of sp³-hybridized carbons (Fsp3) is 0.524. The Kier molecular flexibility index (Phi) is 6.64. The second kappa shape index (κ2) is 8.87. The van der Waals surface area contributed by atoms with Gasteiger partial charge in [-0.2, -0.15) is 4.31 Å². The molecule has 1 aliphatic heterocycles. The minimum atomic E-state index is -3.79. The van der Waals surface area contributed by atoms with Crippen LogP contribution in [-0.2, 0) is 19.5 Å². The molecule has 0 spiro atoms. The summed E-state index contributed by atoms with van der Waals surface area (Å²) in [5.41, 5.74) is -0.634. The summed E-state index contributed by atoms with van der Waals surface area (Å²) in [5.74, 6) is 0. The predicted octanol–water partition coefficient (Wildman–Crippen LogP) is 2.88. The minimum absolute atomic E-state index is 0.205. The Hall–Kier alpha value is -2.23. The van der Waals surface area contributed by atoms with Crippen LogP contribution in [0.3, 0.4) is 0 Å². The van der Waals surface area contributed by atoms with Crippen LogP contribution in [0.5, 0.6) is 0 Å². The molecule has 9 heteroatoms. The lowest BCUT2D eigenvalue weighted by Crippen LogP contribution is -2.48. The molecule has 1 aromatic heterocycles. The predicted molar refractivity (Wildman–Crippen MR) is 114 cm³/mol. The van der Waals surface area contributed by atoms with Gasteiger partial charge in [0.1, 0.15) is 5.60 Å². The SMILES string of the molecule is CC1CN(C(=O)OC(C)(C)C)CCOCCN1S(=O)(=O)c1ccc2cnccc2c1. The molecule has 8 nitrogen and oxygen atoms in total. The highest BCUT2D eigenvalue weighted by Crippen LogP contribution is 2.24. The fourth-order valence-electron chi connectivity index (χ4n) is 3.36. The number of aromatic nitrogens is 1. The normalized spacial score (nSPS) is 19.7. The van der Waals surface area contributed by atoms with Crippen LogP contribution in [-0.4, -0.2) is 73.2 Å². The van der Waals surface area contributed by atoms with Crippen molar-refractivity contribution in [2.45, 2.75) is 44.2 Å². The smallest absolute Gasteiger partial charge is 0.410 e. The standard InChI is InChI=1S/C21H29N3O5S/c1-16-15-23(20(25)29-21(2,3)4)9-11-28-12-10-24(16)30(26,27)19-6-5-18-14-22-8-7-17(18)13-19/h5-8,13-14,16H,9-12,15H2,1-4H3. The highest BCUT2D eigenvalue weighted by atomic mass is 32.2. The van der Waals surface area contributed by atoms with Crippen molar-refractivity contribution in [1.82, 2.24) is 14.2 Å². The van der Waals surface area contributed by atoms with E-state index < -0.39 is 27.8 Å². The quantitative estimate of drug-likeness (QED) is 0.721. The van der Waals surface area contributed by atoms with Crippen LogP contribution in [0.4, 0.5) is 4.79 Å². The van der Waals surface area contributed by atoms with E-state index in [9.17, 15) is 13.2 Å². The molecule has 0 bridgehead atoms. The van der Waals surface area contributed by atoms with Gasteiger partial charge in [0.25, 0.3) is 0 Å². The number of rotatable bonds is 2. The second-order valence-electron chi connectivity index (χ2n) is 8.39. The van der Waals surface area contributed by atoms with E-state index in [1.54, 1.807) is 64.4 Å². The van der Waals surface area contributed by atoms with Crippen LogP contribution in [0.15, 0.2) is 41.6 Å². The topological polar surface area (TPSA) is 89.0 Å². The number of benzene rings is 1. The van der Waals surface area contributed by atoms with Crippen molar-refractivity contribution in [3.05, 3.63) is 36.7 Å². The maximum absolute atomic E-state index is 13.4. The van der Waals surface area contributed by atoms with Crippen molar-refractivity contribution in [2.24, 2.45) is 0 Å². The maximum Gasteiger partial charge on any atom is 0.410 e. The monoisotopic (exact) mass is 435 g/mol. The summed E-state index contributed by atoms with van der Waals surface area (Å²) < 4.78 is 39.3. The highest BCUT2D eigenvalue weighted by Gasteiger charge is 2.33. The zero-order valence-corrected chi connectivity index (χ0v) is 18.7. The van der Waals surface area contributed by atoms with Crippen LogP contribution < -0.4 is 0 Å². The molecule has 0 aliphatic carbocycles. The average Bonchev–Trinajstić information content (AvgIpc) is 2.76. The number of carbonyl (C=O) groups excluding carboxylic acids is 1. The lowest BCUT2D eigenvalue weighted by Gasteiger charge is -2.32. The summed E-state index contributed by atoms with van der Waals surface area (Å²) in [5, 5.41) is 1.67. The molecule has 2 heterocycles. The van der Waals surface area contributed by atoms with Crippen molar-refractivity contribution < 1.29 is 22.7 Å². The highest BCUT2D eigenvalue weighted by molar-refractivity contribution is 7.89. The number of nitrogens with zero attached hydrogens (tertiary/aromatic N) is 3. The molecule has 1 unspecified atom stereocenters. The summed E-state index contributed by atoms with van der Waals surface area (Å²) in [6.45, 7) is 8.54. The van der Waals surface area contributed by atoms with Gasteiger partial charge >= 0.3 is 6.09 Å². The molecule has 3 rings (SSSR count). The van der Waals surface area contributed by atoms with Crippen LogP contribution in [0.2, 0.25) is 0 Å². The Morgan fingerprint density at radius 2 is 1.90 bits per heavy atom. The molecule has 2 aromatic rings. The van der Waals surface area contributed by atoms with Gasteiger partial charge in [-0.1, -0.05) is 6.07 Å². The Labute approximate surface area is 177 Å². The largest absolute Gasteiger partial charge is 0.444 e. The van der Waals surface area contributed by atoms with Gasteiger partial charge in [-0.25, -0.2) is 13.2 Å². The van der Waals surface area contributed by atoms with Gasteiger partial charge in [-0.3, -0.25) is 4.98 Å². The van der Waals surface area contributed by atoms with Gasteiger partial charge in [-0.05, 0) is 51.3 Å². The zero-order chi connectivity index (χ0) is 21.9. The molecule has 1 aliphatic rings. The number of hydrogen-bond acceptors (Lipinski definition) is 6. The summed E-state index contributed by atoms with van der Waals surface area (Å²) >= 11 is 0. The molecule has 1 saturated heterocycles. The Morgan fingerprint density at radius 1 is 1.17 bits per heavy atom. The van der Waals surface area contributed by atoms with Crippen molar-refractivity contribution >= 4 is 26.9 Å². The van der Waals surface area contributed by atoms with Gasteiger partial charge in [0.2, 0.25) is 10.0 Å². The lowest BCUT2D eigenvalue weighted by molar-refractivity contribution is 0.0183. The zero-order valence-electron chi connectivity index (χ0n) is 17.9. The van der Waals surface area contributed by atoms with Gasteiger partial charge in [-0.15, -0.1) is 0 Å². The van der Waals surface area contributed by atoms with Gasteiger partial charge in [0, 0.05) is 43.5 Å². The van der Waals surface area contributed by atoms with E-state index in [2.05, 4.69) is 4.98 Å². The molecule has 164 valence electrons. The van der Waals surface area contributed by atoms with E-state index in [0.29, 0.717) is 13.2 Å². The third-order valence-electron chi connectivity index (χ3n) is 4.81. The van der Waals surface area contributed by atoms with E-state index in [1.807, 2.05) is 0 Å². The first kappa shape index (κ1) is 22.5. The summed E-state index contributed by atoms with van der Waals surface area (Å²) in [7, 11) is -3.79. The molecule has 1 amide bonds. The number of amides is 1. The third-order valence-corrected chi connectivity index (χ3v) is 6.82. The number of ether oxygens (including phenoxy) is 2. The average molecular weight is 436 g/mol. The summed E-state index contributed by atoms with van der Waals surface area (Å²) in [6.07, 6.45) is 2.85. The van der Waals surface area contributed by atoms with Gasteiger partial charge < -0.3 is 14.4 Å². The molecule has 0 radical (unpaired) electrons. The van der Waals surface area contributed by atoms with E-state index in [0.717, 1.165) is 10.8 Å². The van der Waals surface area contributed by atoms with E-state index in [-0.39, 0.29) is 24.6 Å². The molecular weight excluding hydrogens is 406 g/mol. The van der Waals surface area contributed by atoms with Crippen molar-refractivity contribution in [3.63, 3.8) is 0 Å². The van der Waals surface area contributed by atoms with Gasteiger partial charge in [0.05, 0.1) is 18.1 Å². The number of hydrogen-bond donors (Lipinski definition) is 0. The Bertz CT molecular complexity index is 1000. The van der Waals surface area contributed by atoms with E-state index in [1.165, 1.54) is 9.21 Å². The van der Waals surface area contributed by atoms with Crippen LogP contribution in [0.1, 0.15) is 27.7 Å². The van der Waals surface area contributed by atoms with Crippen LogP contribution >= 0.6 is 0 Å². The maximum atomic E-state index is 13.4. The number of fused-ring (bicyclic) bond motifs is 1. The van der Waals surface area contributed by atoms with Crippen LogP contribution in [0, 0.1) is 0 Å². The third kappa shape index (κ3) is 5.27. The molecule has 0 saturated carbocycles. The first-order chi connectivity index (χ1) is 14.1. The number of carbonyl (C=O) groups is 1. The number of sulfonamides is 1. The molecule has 0 N–H and O–H groups in total. The Balaban J connectivity index is 1.87. The summed E-state index contributed by atoms with van der Waals surface area (Å²) in [6, 6.07) is 6.32. The Morgan fingerprint density at radius 3 is 2.63 bits per heavy atom. The number of pyridine rings is 1. The van der Waals surface area contributed by atoms with Crippen molar-refractivity contribution in [2.75, 3.05) is 32.8 Å². The molecule has 30 heavy (non-hydrogen) atoms. The first-order valence-electron chi connectivity index (χ1n) is 9.99. The second-order valence-corrected chi connectivity index (χ2v) is 10.3. The summed E-state index contributed by atoms with van der Waals surface area (Å²) in [4.78, 5) is 18.4. The molecular formula is C21H29N3O5S. The molecule has 1 aromatic carbocycles. The van der Waals surface area contributed by atoms with Crippen molar-refractivity contribution in [3.8, 4) is 0 Å². The first-order valence-corrected chi connectivity index (χ1v) is 11.4. The minimum Gasteiger partial charge on any atom is -0.444 e. The lowest BCUT2D eigenvalue weighted by atomic mass is 10.2. The molecule has 1 atom stereocenters.